The maximum absolute atomic E-state index is 13.3. The van der Waals surface area contributed by atoms with Gasteiger partial charge in [0.05, 0.1) is 17.4 Å². The number of hydrogen-bond donors (Lipinski definition) is 0. The zero-order valence-electron chi connectivity index (χ0n) is 17.2. The molecule has 4 aromatic heterocycles. The van der Waals surface area contributed by atoms with Crippen molar-refractivity contribution in [3.8, 4) is 5.69 Å². The van der Waals surface area contributed by atoms with Crippen LogP contribution in [0.1, 0.15) is 46.3 Å². The number of aromatic nitrogens is 5. The first-order valence-electron chi connectivity index (χ1n) is 10.3. The Morgan fingerprint density at radius 2 is 1.90 bits per heavy atom. The molecule has 4 aromatic rings. The molecule has 30 heavy (non-hydrogen) atoms. The first-order chi connectivity index (χ1) is 14.6. The average Bonchev–Trinajstić information content (AvgIpc) is 3.34. The van der Waals surface area contributed by atoms with Crippen LogP contribution in [0.15, 0.2) is 55.0 Å². The van der Waals surface area contributed by atoms with Crippen molar-refractivity contribution in [3.05, 3.63) is 77.8 Å². The van der Waals surface area contributed by atoms with E-state index in [1.165, 1.54) is 0 Å². The molecule has 7 heteroatoms. The van der Waals surface area contributed by atoms with Crippen molar-refractivity contribution in [1.82, 2.24) is 29.0 Å². The number of likely N-dealkylation sites (tertiary alicyclic amines) is 1. The molecule has 1 amide bonds. The van der Waals surface area contributed by atoms with Crippen molar-refractivity contribution in [2.45, 2.75) is 32.6 Å². The van der Waals surface area contributed by atoms with E-state index >= 15 is 0 Å². The van der Waals surface area contributed by atoms with Gasteiger partial charge < -0.3 is 9.47 Å². The van der Waals surface area contributed by atoms with Gasteiger partial charge in [-0.1, -0.05) is 6.07 Å². The van der Waals surface area contributed by atoms with Gasteiger partial charge in [-0.15, -0.1) is 10.2 Å². The molecule has 5 rings (SSSR count). The van der Waals surface area contributed by atoms with Crippen molar-refractivity contribution < 1.29 is 4.79 Å². The van der Waals surface area contributed by atoms with E-state index < -0.39 is 0 Å². The van der Waals surface area contributed by atoms with E-state index in [-0.39, 0.29) is 5.91 Å². The number of pyridine rings is 2. The highest BCUT2D eigenvalue weighted by Gasteiger charge is 2.29. The average molecular weight is 400 g/mol. The van der Waals surface area contributed by atoms with Crippen LogP contribution in [0.2, 0.25) is 0 Å². The van der Waals surface area contributed by atoms with Crippen molar-refractivity contribution in [1.29, 1.82) is 0 Å². The number of hydrogen-bond acceptors (Lipinski definition) is 4. The van der Waals surface area contributed by atoms with E-state index in [2.05, 4.69) is 24.1 Å². The summed E-state index contributed by atoms with van der Waals surface area (Å²) in [6, 6.07) is 11.8. The second kappa shape index (κ2) is 7.40. The molecule has 0 aliphatic carbocycles. The van der Waals surface area contributed by atoms with Crippen LogP contribution in [-0.4, -0.2) is 48.0 Å². The van der Waals surface area contributed by atoms with E-state index in [0.29, 0.717) is 5.92 Å². The summed E-state index contributed by atoms with van der Waals surface area (Å²) < 4.78 is 4.15. The third-order valence-electron chi connectivity index (χ3n) is 6.05. The first-order valence-corrected chi connectivity index (χ1v) is 10.3. The number of rotatable bonds is 3. The van der Waals surface area contributed by atoms with Gasteiger partial charge in [0.1, 0.15) is 5.82 Å². The number of piperidine rings is 1. The monoisotopic (exact) mass is 400 g/mol. The zero-order valence-corrected chi connectivity index (χ0v) is 17.2. The van der Waals surface area contributed by atoms with Gasteiger partial charge in [-0.3, -0.25) is 14.2 Å². The predicted octanol–water partition coefficient (Wildman–Crippen LogP) is 3.55. The minimum Gasteiger partial charge on any atom is -0.339 e. The van der Waals surface area contributed by atoms with E-state index in [9.17, 15) is 4.79 Å². The Labute approximate surface area is 175 Å². The Balaban J connectivity index is 1.34. The summed E-state index contributed by atoms with van der Waals surface area (Å²) in [6.45, 7) is 5.48. The summed E-state index contributed by atoms with van der Waals surface area (Å²) >= 11 is 0. The minimum atomic E-state index is 0.0998. The van der Waals surface area contributed by atoms with Crippen LogP contribution in [0.25, 0.3) is 11.3 Å². The predicted molar refractivity (Wildman–Crippen MR) is 114 cm³/mol. The van der Waals surface area contributed by atoms with Crippen LogP contribution in [0.4, 0.5) is 0 Å². The lowest BCUT2D eigenvalue weighted by Crippen LogP contribution is -2.38. The van der Waals surface area contributed by atoms with Crippen LogP contribution < -0.4 is 0 Å². The molecule has 0 bridgehead atoms. The molecule has 152 valence electrons. The molecule has 7 nitrogen and oxygen atoms in total. The Bertz CT molecular complexity index is 1200. The van der Waals surface area contributed by atoms with Gasteiger partial charge in [-0.2, -0.15) is 0 Å². The third kappa shape index (κ3) is 3.07. The van der Waals surface area contributed by atoms with Gasteiger partial charge in [0, 0.05) is 42.8 Å². The second-order valence-electron chi connectivity index (χ2n) is 7.88. The minimum absolute atomic E-state index is 0.0998. The maximum atomic E-state index is 13.3. The molecule has 0 spiro atoms. The topological polar surface area (TPSA) is 68.3 Å². The van der Waals surface area contributed by atoms with Gasteiger partial charge in [0.15, 0.2) is 5.65 Å². The van der Waals surface area contributed by atoms with E-state index in [4.69, 9.17) is 0 Å². The molecule has 1 aliphatic rings. The molecule has 1 aliphatic heterocycles. The maximum Gasteiger partial charge on any atom is 0.255 e. The molecular formula is C23H24N6O. The number of amides is 1. The summed E-state index contributed by atoms with van der Waals surface area (Å²) in [5.41, 5.74) is 4.60. The fourth-order valence-corrected chi connectivity index (χ4v) is 4.51. The van der Waals surface area contributed by atoms with Gasteiger partial charge in [-0.05, 0) is 57.0 Å². The van der Waals surface area contributed by atoms with E-state index in [0.717, 1.165) is 60.0 Å². The van der Waals surface area contributed by atoms with Crippen LogP contribution in [0.5, 0.6) is 0 Å². The molecule has 1 saturated heterocycles. The highest BCUT2D eigenvalue weighted by atomic mass is 16.2. The number of fused-ring (bicyclic) bond motifs is 1. The lowest BCUT2D eigenvalue weighted by molar-refractivity contribution is 0.0710. The van der Waals surface area contributed by atoms with Crippen LogP contribution in [0, 0.1) is 13.8 Å². The fourth-order valence-electron chi connectivity index (χ4n) is 4.51. The molecule has 0 N–H and O–H groups in total. The van der Waals surface area contributed by atoms with Crippen LogP contribution in [-0.2, 0) is 0 Å². The fraction of sp³-hybridized carbons (Fsp3) is 0.304. The normalized spacial score (nSPS) is 15.1. The Morgan fingerprint density at radius 1 is 1.07 bits per heavy atom. The SMILES string of the molecule is Cc1cc(C(=O)N2CCC(c3nnc4ccccn34)CC2)c(C)n1-c1cccnc1. The third-order valence-corrected chi connectivity index (χ3v) is 6.05. The first kappa shape index (κ1) is 18.5. The molecule has 0 atom stereocenters. The smallest absolute Gasteiger partial charge is 0.255 e. The zero-order chi connectivity index (χ0) is 20.7. The van der Waals surface area contributed by atoms with Crippen molar-refractivity contribution in [3.63, 3.8) is 0 Å². The summed E-state index contributed by atoms with van der Waals surface area (Å²) in [5, 5.41) is 8.68. The van der Waals surface area contributed by atoms with Crippen LogP contribution in [0.3, 0.4) is 0 Å². The van der Waals surface area contributed by atoms with Gasteiger partial charge in [-0.25, -0.2) is 0 Å². The van der Waals surface area contributed by atoms with E-state index in [1.807, 2.05) is 67.5 Å². The summed E-state index contributed by atoms with van der Waals surface area (Å²) in [4.78, 5) is 19.5. The molecule has 0 aromatic carbocycles. The molecule has 0 saturated carbocycles. The van der Waals surface area contributed by atoms with Crippen molar-refractivity contribution >= 4 is 11.6 Å². The summed E-state index contributed by atoms with van der Waals surface area (Å²) in [7, 11) is 0. The summed E-state index contributed by atoms with van der Waals surface area (Å²) in [6.07, 6.45) is 7.37. The Hall–Kier alpha value is -3.48. The highest BCUT2D eigenvalue weighted by Crippen LogP contribution is 2.29. The molecule has 5 heterocycles. The number of nitrogens with zero attached hydrogens (tertiary/aromatic N) is 6. The lowest BCUT2D eigenvalue weighted by atomic mass is 9.95. The Morgan fingerprint density at radius 3 is 2.67 bits per heavy atom. The molecule has 1 fully saturated rings. The van der Waals surface area contributed by atoms with Gasteiger partial charge in [0.2, 0.25) is 0 Å². The molecular weight excluding hydrogens is 376 g/mol. The standard InChI is InChI=1S/C23H24N6O/c1-16-14-20(17(2)29(16)19-6-5-10-24-15-19)23(30)27-12-8-18(9-13-27)22-26-25-21-7-3-4-11-28(21)22/h3-7,10-11,14-15,18H,8-9,12-13H2,1-2H3. The Kier molecular flexibility index (Phi) is 4.58. The number of carbonyl (C=O) groups excluding carboxylic acids is 1. The second-order valence-corrected chi connectivity index (χ2v) is 7.88. The van der Waals surface area contributed by atoms with Crippen LogP contribution >= 0.6 is 0 Å². The lowest BCUT2D eigenvalue weighted by Gasteiger charge is -2.31. The highest BCUT2D eigenvalue weighted by molar-refractivity contribution is 5.96. The van der Waals surface area contributed by atoms with Crippen molar-refractivity contribution in [2.75, 3.05) is 13.1 Å². The molecule has 0 radical (unpaired) electrons. The van der Waals surface area contributed by atoms with Crippen molar-refractivity contribution in [2.24, 2.45) is 0 Å². The largest absolute Gasteiger partial charge is 0.339 e. The number of carbonyl (C=O) groups is 1. The summed E-state index contributed by atoms with van der Waals surface area (Å²) in [5.74, 6) is 1.41. The van der Waals surface area contributed by atoms with E-state index in [1.54, 1.807) is 6.20 Å². The quantitative estimate of drug-likeness (QED) is 0.527. The van der Waals surface area contributed by atoms with Gasteiger partial charge in [0.25, 0.3) is 5.91 Å². The number of aryl methyl sites for hydroxylation is 1. The van der Waals surface area contributed by atoms with Gasteiger partial charge >= 0.3 is 0 Å². The molecule has 0 unspecified atom stereocenters.